The van der Waals surface area contributed by atoms with Crippen molar-refractivity contribution < 1.29 is 65.9 Å². The summed E-state index contributed by atoms with van der Waals surface area (Å²) in [6.07, 6.45) is -24.8. The Hall–Kier alpha value is -9.83. The number of aromatic nitrogens is 3. The minimum Gasteiger partial charge on any atom is -0.308 e. The molecule has 0 fully saturated rings. The maximum atomic E-state index is 14.6. The van der Waals surface area contributed by atoms with Crippen molar-refractivity contribution in [1.29, 1.82) is 0 Å². The summed E-state index contributed by atoms with van der Waals surface area (Å²) in [5.41, 5.74) is -1.72. The van der Waals surface area contributed by atoms with Crippen LogP contribution in [0.2, 0.25) is 0 Å². The lowest BCUT2D eigenvalue weighted by atomic mass is 9.97. The SMILES string of the molecule is [C-]#[N+]c1cc(-n2c3cc(-c4cc(C)cc(C(F)(F)F)c4)ccc3c3ccc(-c4cc(C)cc(C(F)(F)F)c4)cc32)c(-n2c3cc(-c4cc(C)cc(C(F)(F)F)c4)ccc3c3ccc(-c4cc(C(F)(F)F)cc(C(F)(F)F)c4)cc32)cc1-c1cc(C)nc(C)c1. The Labute approximate surface area is 497 Å². The molecule has 0 unspecified atom stereocenters. The standard InChI is InChI=1S/C70H43F15N4/c1-35-15-44(23-49(18-35)66(71,72)73)40-7-11-54-55-14-10-43(47-26-52(69(80,81)82)32-53(27-47)70(83,84)85)31-61(55)88(60(54)28-40)64-33-58(48-21-38(4)87-39(5)22-48)59(86-6)34-65(64)89-62-29-41(45-16-36(2)19-50(24-45)67(74,75)76)8-12-56(62)57-13-9-42(30-63(57)89)46-17-37(3)20-51(25-46)68(77,78)79/h7-34H,1-5H3. The van der Waals surface area contributed by atoms with Crippen LogP contribution in [0.4, 0.5) is 71.5 Å². The normalized spacial score (nSPS) is 12.7. The summed E-state index contributed by atoms with van der Waals surface area (Å²) >= 11 is 0. The smallest absolute Gasteiger partial charge is 0.308 e. The minimum absolute atomic E-state index is 0.00305. The molecule has 0 saturated carbocycles. The molecule has 448 valence electrons. The van der Waals surface area contributed by atoms with Crippen LogP contribution in [0, 0.1) is 41.2 Å². The van der Waals surface area contributed by atoms with E-state index in [-0.39, 0.29) is 106 Å². The number of nitrogens with zero attached hydrogens (tertiary/aromatic N) is 4. The van der Waals surface area contributed by atoms with Gasteiger partial charge in [0.1, 0.15) is 0 Å². The van der Waals surface area contributed by atoms with Crippen molar-refractivity contribution in [2.45, 2.75) is 65.5 Å². The lowest BCUT2D eigenvalue weighted by Gasteiger charge is -2.21. The molecule has 9 aromatic carbocycles. The van der Waals surface area contributed by atoms with Crippen LogP contribution in [-0.4, -0.2) is 14.1 Å². The largest absolute Gasteiger partial charge is 0.416 e. The maximum Gasteiger partial charge on any atom is 0.416 e. The second kappa shape index (κ2) is 20.9. The van der Waals surface area contributed by atoms with E-state index in [0.29, 0.717) is 50.6 Å². The van der Waals surface area contributed by atoms with E-state index in [0.717, 1.165) is 36.4 Å². The number of benzene rings is 9. The maximum absolute atomic E-state index is 14.6. The number of pyridine rings is 1. The van der Waals surface area contributed by atoms with Gasteiger partial charge in [-0.2, -0.15) is 65.9 Å². The highest BCUT2D eigenvalue weighted by molar-refractivity contribution is 6.14. The van der Waals surface area contributed by atoms with Gasteiger partial charge >= 0.3 is 30.9 Å². The van der Waals surface area contributed by atoms with Crippen LogP contribution < -0.4 is 0 Å². The molecule has 0 aliphatic heterocycles. The van der Waals surface area contributed by atoms with Gasteiger partial charge in [-0.15, -0.1) is 0 Å². The zero-order chi connectivity index (χ0) is 63.8. The fourth-order valence-electron chi connectivity index (χ4n) is 12.0. The highest BCUT2D eigenvalue weighted by atomic mass is 19.4. The highest BCUT2D eigenvalue weighted by Crippen LogP contribution is 2.48. The molecule has 4 nitrogen and oxygen atoms in total. The van der Waals surface area contributed by atoms with Crippen LogP contribution in [0.15, 0.2) is 170 Å². The molecule has 19 heteroatoms. The number of alkyl halides is 15. The first-order chi connectivity index (χ1) is 41.7. The first-order valence-corrected chi connectivity index (χ1v) is 27.3. The predicted octanol–water partition coefficient (Wildman–Crippen LogP) is 22.8. The Morgan fingerprint density at radius 3 is 0.876 bits per heavy atom. The first-order valence-electron chi connectivity index (χ1n) is 27.3. The quantitative estimate of drug-likeness (QED) is 0.115. The fourth-order valence-corrected chi connectivity index (χ4v) is 12.0. The van der Waals surface area contributed by atoms with Crippen molar-refractivity contribution in [2.75, 3.05) is 0 Å². The van der Waals surface area contributed by atoms with Crippen LogP contribution in [0.25, 0.3) is 115 Å². The highest BCUT2D eigenvalue weighted by Gasteiger charge is 2.38. The zero-order valence-corrected chi connectivity index (χ0v) is 47.1. The summed E-state index contributed by atoms with van der Waals surface area (Å²) in [4.78, 5) is 8.55. The fraction of sp³-hybridized carbons (Fsp3) is 0.143. The number of hydrogen-bond donors (Lipinski definition) is 0. The van der Waals surface area contributed by atoms with E-state index in [4.69, 9.17) is 6.57 Å². The number of aryl methyl sites for hydroxylation is 5. The number of hydrogen-bond acceptors (Lipinski definition) is 1. The van der Waals surface area contributed by atoms with Crippen molar-refractivity contribution in [2.24, 2.45) is 0 Å². The number of rotatable bonds is 7. The summed E-state index contributed by atoms with van der Waals surface area (Å²) in [6, 6.07) is 36.9. The van der Waals surface area contributed by atoms with Crippen molar-refractivity contribution in [1.82, 2.24) is 14.1 Å². The van der Waals surface area contributed by atoms with Crippen LogP contribution in [0.3, 0.4) is 0 Å². The third-order valence-electron chi connectivity index (χ3n) is 15.8. The molecule has 0 aliphatic rings. The summed E-state index contributed by atoms with van der Waals surface area (Å²) in [7, 11) is 0. The second-order valence-corrected chi connectivity index (χ2v) is 22.3. The van der Waals surface area contributed by atoms with E-state index < -0.39 is 64.3 Å². The van der Waals surface area contributed by atoms with Crippen molar-refractivity contribution in [3.8, 4) is 67.0 Å². The topological polar surface area (TPSA) is 27.1 Å². The molecule has 3 heterocycles. The van der Waals surface area contributed by atoms with Gasteiger partial charge in [0.05, 0.1) is 67.8 Å². The van der Waals surface area contributed by atoms with Crippen molar-refractivity contribution in [3.63, 3.8) is 0 Å². The number of halogens is 15. The van der Waals surface area contributed by atoms with Gasteiger partial charge in [-0.3, -0.25) is 4.98 Å². The molecule has 0 atom stereocenters. The van der Waals surface area contributed by atoms with Gasteiger partial charge in [-0.25, -0.2) is 4.85 Å². The summed E-state index contributed by atoms with van der Waals surface area (Å²) < 4.78 is 222. The molecule has 89 heavy (non-hydrogen) atoms. The minimum atomic E-state index is -5.24. The molecule has 0 amide bonds. The van der Waals surface area contributed by atoms with Gasteiger partial charge < -0.3 is 9.13 Å². The molecule has 0 saturated heterocycles. The Morgan fingerprint density at radius 1 is 0.303 bits per heavy atom. The number of fused-ring (bicyclic) bond motifs is 6. The zero-order valence-electron chi connectivity index (χ0n) is 47.1. The van der Waals surface area contributed by atoms with Crippen LogP contribution >= 0.6 is 0 Å². The first kappa shape index (κ1) is 59.5. The molecule has 0 radical (unpaired) electrons. The van der Waals surface area contributed by atoms with E-state index in [2.05, 4.69) is 9.83 Å². The lowest BCUT2D eigenvalue weighted by Crippen LogP contribution is -2.11. The van der Waals surface area contributed by atoms with Crippen LogP contribution in [-0.2, 0) is 30.9 Å². The predicted molar refractivity (Wildman–Crippen MR) is 315 cm³/mol. The van der Waals surface area contributed by atoms with Crippen LogP contribution in [0.1, 0.15) is 55.9 Å². The molecular formula is C70H43F15N4. The van der Waals surface area contributed by atoms with Gasteiger partial charge in [0, 0.05) is 32.9 Å². The third-order valence-corrected chi connectivity index (χ3v) is 15.8. The van der Waals surface area contributed by atoms with E-state index in [1.165, 1.54) is 51.1 Å². The summed E-state index contributed by atoms with van der Waals surface area (Å²) in [5, 5.41) is 1.68. The summed E-state index contributed by atoms with van der Waals surface area (Å²) in [6.45, 7) is 16.7. The Morgan fingerprint density at radius 2 is 0.584 bits per heavy atom. The van der Waals surface area contributed by atoms with Gasteiger partial charge in [-0.05, 0) is 210 Å². The Kier molecular flexibility index (Phi) is 14.0. The third kappa shape index (κ3) is 11.1. The van der Waals surface area contributed by atoms with Gasteiger partial charge in [-0.1, -0.05) is 66.7 Å². The summed E-state index contributed by atoms with van der Waals surface area (Å²) in [5.74, 6) is 0. The van der Waals surface area contributed by atoms with Gasteiger partial charge in [0.2, 0.25) is 0 Å². The van der Waals surface area contributed by atoms with Gasteiger partial charge in [0.25, 0.3) is 0 Å². The monoisotopic (exact) mass is 1220 g/mol. The molecule has 3 aromatic heterocycles. The molecule has 0 bridgehead atoms. The molecule has 12 rings (SSSR count). The van der Waals surface area contributed by atoms with Crippen molar-refractivity contribution in [3.05, 3.63) is 237 Å². The Balaban J connectivity index is 1.27. The molecular weight excluding hydrogens is 1180 g/mol. The average Bonchev–Trinajstić information content (AvgIpc) is 1.58. The van der Waals surface area contributed by atoms with Crippen LogP contribution in [0.5, 0.6) is 0 Å². The Bertz CT molecular complexity index is 4790. The second-order valence-electron chi connectivity index (χ2n) is 22.3. The van der Waals surface area contributed by atoms with Crippen molar-refractivity contribution >= 4 is 49.3 Å². The lowest BCUT2D eigenvalue weighted by molar-refractivity contribution is -0.143. The molecule has 12 aromatic rings. The molecule has 0 aliphatic carbocycles. The van der Waals surface area contributed by atoms with E-state index in [1.807, 2.05) is 0 Å². The molecule has 0 N–H and O–H groups in total. The van der Waals surface area contributed by atoms with E-state index >= 15 is 0 Å². The van der Waals surface area contributed by atoms with E-state index in [1.54, 1.807) is 108 Å². The molecule has 0 spiro atoms. The van der Waals surface area contributed by atoms with E-state index in [9.17, 15) is 65.9 Å². The van der Waals surface area contributed by atoms with Gasteiger partial charge in [0.15, 0.2) is 5.69 Å². The average molecular weight is 1230 g/mol.